The molecule has 0 heterocycles. The summed E-state index contributed by atoms with van der Waals surface area (Å²) in [7, 11) is 0. The van der Waals surface area contributed by atoms with E-state index in [4.69, 9.17) is 10.2 Å². The molecule has 154 valence electrons. The summed E-state index contributed by atoms with van der Waals surface area (Å²) < 4.78 is 0. The largest absolute Gasteiger partial charge is 0.478 e. The lowest BCUT2D eigenvalue weighted by Crippen LogP contribution is -2.20. The number of aromatic carboxylic acids is 2. The van der Waals surface area contributed by atoms with Crippen LogP contribution >= 0.6 is 0 Å². The van der Waals surface area contributed by atoms with E-state index in [0.717, 1.165) is 24.5 Å². The van der Waals surface area contributed by atoms with Crippen molar-refractivity contribution < 1.29 is 24.6 Å². The van der Waals surface area contributed by atoms with Gasteiger partial charge in [-0.25, -0.2) is 14.4 Å². The second kappa shape index (κ2) is 9.61. The van der Waals surface area contributed by atoms with Crippen molar-refractivity contribution in [3.8, 4) is 11.8 Å². The second-order valence-electron chi connectivity index (χ2n) is 7.17. The number of carboxylic acid groups (broad SMARTS) is 2. The zero-order chi connectivity index (χ0) is 21.5. The summed E-state index contributed by atoms with van der Waals surface area (Å²) in [5, 5.41) is 23.4. The van der Waals surface area contributed by atoms with Crippen LogP contribution in [0.25, 0.3) is 0 Å². The number of urea groups is 1. The van der Waals surface area contributed by atoms with Crippen LogP contribution in [-0.4, -0.2) is 28.2 Å². The Hall–Kier alpha value is -3.79. The van der Waals surface area contributed by atoms with E-state index in [1.807, 2.05) is 6.07 Å². The fourth-order valence-corrected chi connectivity index (χ4v) is 3.35. The lowest BCUT2D eigenvalue weighted by atomic mass is 9.90. The first-order valence-electron chi connectivity index (χ1n) is 9.72. The minimum atomic E-state index is -1.29. The fraction of sp³-hybridized carbons (Fsp3) is 0.261. The van der Waals surface area contributed by atoms with Gasteiger partial charge in [0, 0.05) is 22.9 Å². The molecule has 3 rings (SSSR count). The van der Waals surface area contributed by atoms with Gasteiger partial charge in [0.1, 0.15) is 0 Å². The van der Waals surface area contributed by atoms with E-state index < -0.39 is 18.0 Å². The molecule has 1 aliphatic rings. The minimum Gasteiger partial charge on any atom is -0.478 e. The summed E-state index contributed by atoms with van der Waals surface area (Å²) in [4.78, 5) is 34.7. The Kier molecular flexibility index (Phi) is 6.71. The summed E-state index contributed by atoms with van der Waals surface area (Å²) in [6, 6.07) is 9.92. The van der Waals surface area contributed by atoms with Crippen LogP contribution in [0.2, 0.25) is 0 Å². The maximum atomic E-state index is 12.3. The lowest BCUT2D eigenvalue weighted by molar-refractivity contribution is 0.0696. The molecule has 0 unspecified atom stereocenters. The highest BCUT2D eigenvalue weighted by atomic mass is 16.4. The van der Waals surface area contributed by atoms with Crippen molar-refractivity contribution in [2.75, 3.05) is 10.6 Å². The van der Waals surface area contributed by atoms with Crippen LogP contribution in [0.5, 0.6) is 0 Å². The maximum Gasteiger partial charge on any atom is 0.335 e. The average Bonchev–Trinajstić information content (AvgIpc) is 2.73. The van der Waals surface area contributed by atoms with Gasteiger partial charge in [0.2, 0.25) is 0 Å². The highest BCUT2D eigenvalue weighted by Gasteiger charge is 2.13. The number of carbonyl (C=O) groups excluding carboxylic acids is 1. The first-order valence-corrected chi connectivity index (χ1v) is 9.72. The Morgan fingerprint density at radius 2 is 1.47 bits per heavy atom. The zero-order valence-electron chi connectivity index (χ0n) is 16.3. The van der Waals surface area contributed by atoms with Crippen molar-refractivity contribution in [1.29, 1.82) is 0 Å². The van der Waals surface area contributed by atoms with Crippen LogP contribution in [0.1, 0.15) is 58.4 Å². The summed E-state index contributed by atoms with van der Waals surface area (Å²) in [5.74, 6) is 4.32. The van der Waals surface area contributed by atoms with Gasteiger partial charge >= 0.3 is 18.0 Å². The number of benzene rings is 2. The zero-order valence-corrected chi connectivity index (χ0v) is 16.3. The Morgan fingerprint density at radius 3 is 2.10 bits per heavy atom. The molecule has 1 aliphatic carbocycles. The van der Waals surface area contributed by atoms with Gasteiger partial charge in [-0.15, -0.1) is 0 Å². The molecule has 0 atom stereocenters. The lowest BCUT2D eigenvalue weighted by Gasteiger charge is -2.15. The van der Waals surface area contributed by atoms with Crippen LogP contribution in [0, 0.1) is 17.8 Å². The van der Waals surface area contributed by atoms with Crippen LogP contribution in [-0.2, 0) is 0 Å². The van der Waals surface area contributed by atoms with Gasteiger partial charge in [-0.2, -0.15) is 0 Å². The molecule has 2 aromatic carbocycles. The number of amides is 2. The van der Waals surface area contributed by atoms with E-state index in [-0.39, 0.29) is 16.8 Å². The highest BCUT2D eigenvalue weighted by molar-refractivity contribution is 6.02. The molecule has 0 saturated heterocycles. The molecule has 0 aromatic heterocycles. The first kappa shape index (κ1) is 20.9. The molecular formula is C23H22N2O5. The number of hydrogen-bond acceptors (Lipinski definition) is 3. The van der Waals surface area contributed by atoms with Crippen LogP contribution in [0.15, 0.2) is 42.5 Å². The summed E-state index contributed by atoms with van der Waals surface area (Å²) in [5.41, 5.74) is 0.920. The molecule has 0 spiro atoms. The van der Waals surface area contributed by atoms with E-state index >= 15 is 0 Å². The molecule has 7 heteroatoms. The van der Waals surface area contributed by atoms with E-state index in [0.29, 0.717) is 11.6 Å². The number of anilines is 2. The molecule has 0 bridgehead atoms. The Labute approximate surface area is 174 Å². The monoisotopic (exact) mass is 406 g/mol. The maximum absolute atomic E-state index is 12.3. The van der Waals surface area contributed by atoms with E-state index in [1.165, 1.54) is 31.4 Å². The quantitative estimate of drug-likeness (QED) is 0.551. The van der Waals surface area contributed by atoms with Gasteiger partial charge in [0.25, 0.3) is 0 Å². The molecule has 7 nitrogen and oxygen atoms in total. The van der Waals surface area contributed by atoms with Gasteiger partial charge in [-0.05, 0) is 49.2 Å². The first-order chi connectivity index (χ1) is 14.4. The van der Waals surface area contributed by atoms with Crippen molar-refractivity contribution in [3.63, 3.8) is 0 Å². The molecule has 30 heavy (non-hydrogen) atoms. The summed E-state index contributed by atoms with van der Waals surface area (Å²) in [6.45, 7) is 0. The molecule has 2 aromatic rings. The number of carboxylic acids is 2. The third-order valence-corrected chi connectivity index (χ3v) is 4.83. The Morgan fingerprint density at radius 1 is 0.833 bits per heavy atom. The topological polar surface area (TPSA) is 116 Å². The van der Waals surface area contributed by atoms with Crippen LogP contribution in [0.4, 0.5) is 16.2 Å². The SMILES string of the molecule is O=C(Nc1cccc(C#CC2CCCCC2)c1)Nc1cc(C(=O)O)cc(C(=O)O)c1. The number of nitrogens with one attached hydrogen (secondary N) is 2. The van der Waals surface area contributed by atoms with Crippen molar-refractivity contribution in [3.05, 3.63) is 59.2 Å². The van der Waals surface area contributed by atoms with Gasteiger partial charge < -0.3 is 20.8 Å². The van der Waals surface area contributed by atoms with Crippen molar-refractivity contribution >= 4 is 29.3 Å². The minimum absolute atomic E-state index is 0.0676. The van der Waals surface area contributed by atoms with E-state index in [9.17, 15) is 14.4 Å². The molecule has 4 N–H and O–H groups in total. The predicted octanol–water partition coefficient (Wildman–Crippen LogP) is 4.66. The molecular weight excluding hydrogens is 384 g/mol. The van der Waals surface area contributed by atoms with Gasteiger partial charge in [0.15, 0.2) is 0 Å². The van der Waals surface area contributed by atoms with E-state index in [2.05, 4.69) is 22.5 Å². The van der Waals surface area contributed by atoms with E-state index in [1.54, 1.807) is 18.2 Å². The van der Waals surface area contributed by atoms with Crippen LogP contribution < -0.4 is 10.6 Å². The highest BCUT2D eigenvalue weighted by Crippen LogP contribution is 2.23. The summed E-state index contributed by atoms with van der Waals surface area (Å²) in [6.07, 6.45) is 5.96. The van der Waals surface area contributed by atoms with Crippen molar-refractivity contribution in [2.45, 2.75) is 32.1 Å². The van der Waals surface area contributed by atoms with Crippen LogP contribution in [0.3, 0.4) is 0 Å². The second-order valence-corrected chi connectivity index (χ2v) is 7.17. The molecule has 1 fully saturated rings. The third-order valence-electron chi connectivity index (χ3n) is 4.83. The third kappa shape index (κ3) is 5.85. The van der Waals surface area contributed by atoms with Crippen molar-refractivity contribution in [2.24, 2.45) is 5.92 Å². The Bertz CT molecular complexity index is 997. The molecule has 0 radical (unpaired) electrons. The van der Waals surface area contributed by atoms with Gasteiger partial charge in [0.05, 0.1) is 11.1 Å². The molecule has 2 amide bonds. The number of carbonyl (C=O) groups is 3. The average molecular weight is 406 g/mol. The fourth-order valence-electron chi connectivity index (χ4n) is 3.35. The normalized spacial score (nSPS) is 13.6. The number of rotatable bonds is 4. The smallest absolute Gasteiger partial charge is 0.335 e. The van der Waals surface area contributed by atoms with Gasteiger partial charge in [-0.3, -0.25) is 0 Å². The standard InChI is InChI=1S/C23H22N2O5/c26-21(27)17-12-18(22(28)29)14-20(13-17)25-23(30)24-19-8-4-7-16(11-19)10-9-15-5-2-1-3-6-15/h4,7-8,11-15H,1-3,5-6H2,(H,26,27)(H,28,29)(H2,24,25,30). The Balaban J connectivity index is 1.69. The summed E-state index contributed by atoms with van der Waals surface area (Å²) >= 11 is 0. The van der Waals surface area contributed by atoms with Gasteiger partial charge in [-0.1, -0.05) is 37.2 Å². The predicted molar refractivity (Wildman–Crippen MR) is 113 cm³/mol. The number of hydrogen-bond donors (Lipinski definition) is 4. The van der Waals surface area contributed by atoms with Crippen molar-refractivity contribution in [1.82, 2.24) is 0 Å². The molecule has 0 aliphatic heterocycles. The molecule has 1 saturated carbocycles.